The lowest BCUT2D eigenvalue weighted by atomic mass is 10.1. The van der Waals surface area contributed by atoms with Gasteiger partial charge in [-0.05, 0) is 0 Å². The maximum absolute atomic E-state index is 12.8. The number of rotatable bonds is 3. The van der Waals surface area contributed by atoms with Gasteiger partial charge in [-0.25, -0.2) is 13.8 Å². The highest BCUT2D eigenvalue weighted by molar-refractivity contribution is 5.81. The third-order valence-corrected chi connectivity index (χ3v) is 1.62. The van der Waals surface area contributed by atoms with Crippen LogP contribution in [0.2, 0.25) is 0 Å². The lowest BCUT2D eigenvalue weighted by Crippen LogP contribution is -2.02. The van der Waals surface area contributed by atoms with Crippen molar-refractivity contribution >= 4 is 6.29 Å². The number of carbonyl (C=O) groups is 1. The van der Waals surface area contributed by atoms with E-state index in [1.54, 1.807) is 0 Å². The number of aldehydes is 1. The SMILES string of the molecule is COc1c(F)ncc(C(F)F)c1C=O. The normalized spacial score (nSPS) is 10.4. The van der Waals surface area contributed by atoms with E-state index in [1.165, 1.54) is 0 Å². The van der Waals surface area contributed by atoms with Crippen LogP contribution < -0.4 is 4.74 Å². The zero-order valence-electron chi connectivity index (χ0n) is 7.13. The minimum absolute atomic E-state index is 0.116. The van der Waals surface area contributed by atoms with Crippen molar-refractivity contribution < 1.29 is 22.7 Å². The number of nitrogens with zero attached hydrogens (tertiary/aromatic N) is 1. The van der Waals surface area contributed by atoms with Gasteiger partial charge < -0.3 is 4.74 Å². The second-order valence-corrected chi connectivity index (χ2v) is 2.37. The largest absolute Gasteiger partial charge is 0.491 e. The first-order valence-electron chi connectivity index (χ1n) is 3.57. The summed E-state index contributed by atoms with van der Waals surface area (Å²) in [5.41, 5.74) is -1.15. The van der Waals surface area contributed by atoms with Crippen LogP contribution in [0.3, 0.4) is 0 Å². The molecule has 0 N–H and O–H groups in total. The molecule has 0 radical (unpaired) electrons. The van der Waals surface area contributed by atoms with Crippen molar-refractivity contribution in [1.29, 1.82) is 0 Å². The summed E-state index contributed by atoms with van der Waals surface area (Å²) in [6, 6.07) is 0. The van der Waals surface area contributed by atoms with Crippen LogP contribution in [0.5, 0.6) is 5.75 Å². The molecule has 0 amide bonds. The van der Waals surface area contributed by atoms with Crippen LogP contribution >= 0.6 is 0 Å². The summed E-state index contributed by atoms with van der Waals surface area (Å²) in [6.07, 6.45) is -2.16. The number of aromatic nitrogens is 1. The van der Waals surface area contributed by atoms with Gasteiger partial charge in [-0.3, -0.25) is 4.79 Å². The van der Waals surface area contributed by atoms with Gasteiger partial charge >= 0.3 is 0 Å². The maximum Gasteiger partial charge on any atom is 0.266 e. The zero-order valence-corrected chi connectivity index (χ0v) is 7.13. The average molecular weight is 205 g/mol. The third kappa shape index (κ3) is 1.68. The van der Waals surface area contributed by atoms with Crippen molar-refractivity contribution in [3.8, 4) is 5.75 Å². The van der Waals surface area contributed by atoms with E-state index in [4.69, 9.17) is 0 Å². The van der Waals surface area contributed by atoms with Crippen molar-refractivity contribution in [2.24, 2.45) is 0 Å². The Balaban J connectivity index is 3.40. The van der Waals surface area contributed by atoms with Crippen LogP contribution in [0.1, 0.15) is 22.3 Å². The minimum atomic E-state index is -2.89. The minimum Gasteiger partial charge on any atom is -0.491 e. The van der Waals surface area contributed by atoms with Crippen LogP contribution in [-0.2, 0) is 0 Å². The fourth-order valence-corrected chi connectivity index (χ4v) is 0.986. The standard InChI is InChI=1S/C8H6F3NO2/c1-14-6-5(3-13)4(7(9)10)2-12-8(6)11/h2-3,7H,1H3. The molecule has 0 saturated carbocycles. The highest BCUT2D eigenvalue weighted by atomic mass is 19.3. The first-order valence-corrected chi connectivity index (χ1v) is 3.57. The maximum atomic E-state index is 12.8. The Hall–Kier alpha value is -1.59. The molecule has 0 saturated heterocycles. The lowest BCUT2D eigenvalue weighted by Gasteiger charge is -2.08. The Labute approximate surface area is 77.5 Å². The Morgan fingerprint density at radius 3 is 2.64 bits per heavy atom. The van der Waals surface area contributed by atoms with Crippen molar-refractivity contribution in [1.82, 2.24) is 4.98 Å². The Kier molecular flexibility index (Phi) is 3.06. The zero-order chi connectivity index (χ0) is 10.7. The number of carbonyl (C=O) groups excluding carboxylic acids is 1. The molecule has 0 aliphatic carbocycles. The van der Waals surface area contributed by atoms with Gasteiger partial charge in [0.15, 0.2) is 12.0 Å². The van der Waals surface area contributed by atoms with E-state index in [1.807, 2.05) is 0 Å². The number of hydrogen-bond acceptors (Lipinski definition) is 3. The number of hydrogen-bond donors (Lipinski definition) is 0. The van der Waals surface area contributed by atoms with Gasteiger partial charge in [-0.15, -0.1) is 0 Å². The number of methoxy groups -OCH3 is 1. The van der Waals surface area contributed by atoms with Gasteiger partial charge in [0.1, 0.15) is 0 Å². The summed E-state index contributed by atoms with van der Waals surface area (Å²) in [6.45, 7) is 0. The first-order chi connectivity index (χ1) is 6.61. The molecule has 0 atom stereocenters. The Morgan fingerprint density at radius 1 is 1.57 bits per heavy atom. The summed E-state index contributed by atoms with van der Waals surface area (Å²) in [7, 11) is 1.07. The van der Waals surface area contributed by atoms with Crippen molar-refractivity contribution in [2.75, 3.05) is 7.11 Å². The number of ether oxygens (including phenoxy) is 1. The summed E-state index contributed by atoms with van der Waals surface area (Å²) in [5, 5.41) is 0. The summed E-state index contributed by atoms with van der Waals surface area (Å²) >= 11 is 0. The number of pyridine rings is 1. The monoisotopic (exact) mass is 205 g/mol. The molecular weight excluding hydrogens is 199 g/mol. The quantitative estimate of drug-likeness (QED) is 0.559. The van der Waals surface area contributed by atoms with Crippen LogP contribution in [0.4, 0.5) is 13.2 Å². The third-order valence-electron chi connectivity index (χ3n) is 1.62. The van der Waals surface area contributed by atoms with Gasteiger partial charge in [-0.2, -0.15) is 4.39 Å². The van der Waals surface area contributed by atoms with Gasteiger partial charge in [0, 0.05) is 6.20 Å². The van der Waals surface area contributed by atoms with Crippen LogP contribution in [0.15, 0.2) is 6.20 Å². The number of alkyl halides is 2. The summed E-state index contributed by atoms with van der Waals surface area (Å²) in [5.74, 6) is -1.64. The number of halogens is 3. The fourth-order valence-electron chi connectivity index (χ4n) is 0.986. The molecule has 0 aromatic carbocycles. The van der Waals surface area contributed by atoms with E-state index in [-0.39, 0.29) is 6.29 Å². The Morgan fingerprint density at radius 2 is 2.21 bits per heavy atom. The molecule has 76 valence electrons. The van der Waals surface area contributed by atoms with E-state index < -0.39 is 29.2 Å². The molecule has 0 spiro atoms. The van der Waals surface area contributed by atoms with Gasteiger partial charge in [0.2, 0.25) is 0 Å². The molecule has 1 rings (SSSR count). The molecule has 0 aliphatic rings. The summed E-state index contributed by atoms with van der Waals surface area (Å²) in [4.78, 5) is 13.5. The molecule has 1 heterocycles. The van der Waals surface area contributed by atoms with Crippen molar-refractivity contribution in [3.63, 3.8) is 0 Å². The smallest absolute Gasteiger partial charge is 0.266 e. The second kappa shape index (κ2) is 4.08. The Bertz CT molecular complexity index is 355. The molecule has 1 aromatic rings. The molecule has 6 heteroatoms. The highest BCUT2D eigenvalue weighted by Gasteiger charge is 2.20. The fraction of sp³-hybridized carbons (Fsp3) is 0.250. The second-order valence-electron chi connectivity index (χ2n) is 2.37. The van der Waals surface area contributed by atoms with Gasteiger partial charge in [0.25, 0.3) is 12.4 Å². The van der Waals surface area contributed by atoms with E-state index >= 15 is 0 Å². The van der Waals surface area contributed by atoms with Gasteiger partial charge in [-0.1, -0.05) is 0 Å². The topological polar surface area (TPSA) is 39.2 Å². The van der Waals surface area contributed by atoms with Gasteiger partial charge in [0.05, 0.1) is 18.2 Å². The van der Waals surface area contributed by atoms with E-state index in [0.29, 0.717) is 6.20 Å². The molecule has 1 aromatic heterocycles. The molecule has 0 aliphatic heterocycles. The van der Waals surface area contributed by atoms with Crippen molar-refractivity contribution in [3.05, 3.63) is 23.3 Å². The molecule has 14 heavy (non-hydrogen) atoms. The van der Waals surface area contributed by atoms with E-state index in [2.05, 4.69) is 9.72 Å². The molecule has 3 nitrogen and oxygen atoms in total. The van der Waals surface area contributed by atoms with Crippen LogP contribution in [0, 0.1) is 5.95 Å². The first kappa shape index (κ1) is 10.5. The predicted octanol–water partition coefficient (Wildman–Crippen LogP) is 1.98. The summed E-state index contributed by atoms with van der Waals surface area (Å²) < 4.78 is 41.9. The average Bonchev–Trinajstić information content (AvgIpc) is 2.16. The predicted molar refractivity (Wildman–Crippen MR) is 41.1 cm³/mol. The van der Waals surface area contributed by atoms with Crippen molar-refractivity contribution in [2.45, 2.75) is 6.43 Å². The lowest BCUT2D eigenvalue weighted by molar-refractivity contribution is 0.110. The molecule has 0 bridgehead atoms. The van der Waals surface area contributed by atoms with Crippen LogP contribution in [0.25, 0.3) is 0 Å². The molecule has 0 fully saturated rings. The molecule has 0 unspecified atom stereocenters. The van der Waals surface area contributed by atoms with E-state index in [9.17, 15) is 18.0 Å². The van der Waals surface area contributed by atoms with Crippen LogP contribution in [-0.4, -0.2) is 18.4 Å². The van der Waals surface area contributed by atoms with E-state index in [0.717, 1.165) is 7.11 Å². The molecular formula is C8H6F3NO2. The highest BCUT2D eigenvalue weighted by Crippen LogP contribution is 2.28.